The normalized spacial score (nSPS) is 10.2. The Hall–Kier alpha value is -1.52. The minimum Gasteiger partial charge on any atom is -0.750 e. The molecule has 0 bridgehead atoms. The van der Waals surface area contributed by atoms with Crippen molar-refractivity contribution < 1.29 is 42.6 Å². The van der Waals surface area contributed by atoms with Crippen LogP contribution in [0.25, 0.3) is 0 Å². The molecule has 0 amide bonds. The van der Waals surface area contributed by atoms with Gasteiger partial charge in [-0.25, -0.2) is 4.21 Å². The second-order valence-electron chi connectivity index (χ2n) is 6.82. The van der Waals surface area contributed by atoms with E-state index in [2.05, 4.69) is 6.92 Å². The van der Waals surface area contributed by atoms with Crippen LogP contribution in [0, 0.1) is 0 Å². The van der Waals surface area contributed by atoms with E-state index in [1.54, 1.807) is 13.8 Å². The number of aliphatic carboxylic acids is 2. The molecule has 0 aliphatic carbocycles. The van der Waals surface area contributed by atoms with Crippen molar-refractivity contribution in [1.29, 1.82) is 0 Å². The van der Waals surface area contributed by atoms with E-state index in [0.29, 0.717) is 13.0 Å². The Morgan fingerprint density at radius 3 is 1.22 bits per heavy atom. The standard InChI is InChI=1S/C16H32O2.2C3H6O2.H2O3S/c1-3-5-6-7-8-9-10-11-12-13-14-15-18-16(17)4-2;2*1-2-3(4)5;1-4(2)3/h3-15H2,1-2H3;2*2H2,1H3,(H,4,5);(H2,1,2,3)/p-1. The average molecular weight is 486 g/mol. The number of carboxylic acid groups (broad SMARTS) is 2. The number of hydrogen-bond acceptors (Lipinski definition) is 6. The molecular weight excluding hydrogens is 440 g/mol. The van der Waals surface area contributed by atoms with Crippen LogP contribution in [0.1, 0.15) is 118 Å². The van der Waals surface area contributed by atoms with Gasteiger partial charge in [0.15, 0.2) is 0 Å². The number of carbonyl (C=O) groups is 3. The number of hydrogen-bond donors (Lipinski definition) is 3. The zero-order valence-corrected chi connectivity index (χ0v) is 21.1. The van der Waals surface area contributed by atoms with Crippen molar-refractivity contribution in [3.8, 4) is 0 Å². The van der Waals surface area contributed by atoms with Crippen molar-refractivity contribution in [2.45, 2.75) is 118 Å². The van der Waals surface area contributed by atoms with Gasteiger partial charge in [0, 0.05) is 19.3 Å². The minimum atomic E-state index is -2.86. The van der Waals surface area contributed by atoms with Crippen LogP contribution >= 0.6 is 0 Å². The maximum atomic E-state index is 10.9. The monoisotopic (exact) mass is 485 g/mol. The van der Waals surface area contributed by atoms with Gasteiger partial charge in [0.25, 0.3) is 0 Å². The Kier molecular flexibility index (Phi) is 40.3. The number of carbonyl (C=O) groups excluding carboxylic acids is 1. The maximum Gasteiger partial charge on any atom is 0.305 e. The molecule has 0 rings (SSSR count). The van der Waals surface area contributed by atoms with Crippen LogP contribution in [-0.2, 0) is 30.5 Å². The molecule has 0 aromatic heterocycles. The summed E-state index contributed by atoms with van der Waals surface area (Å²) in [5, 5.41) is 15.4. The van der Waals surface area contributed by atoms with Gasteiger partial charge < -0.3 is 24.1 Å². The molecule has 194 valence electrons. The van der Waals surface area contributed by atoms with Gasteiger partial charge in [-0.15, -0.1) is 0 Å². The number of carboxylic acids is 2. The zero-order valence-electron chi connectivity index (χ0n) is 20.3. The Morgan fingerprint density at radius 2 is 0.969 bits per heavy atom. The fraction of sp³-hybridized carbons (Fsp3) is 0.864. The Bertz CT molecular complexity index is 425. The van der Waals surface area contributed by atoms with Crippen LogP contribution < -0.4 is 0 Å². The van der Waals surface area contributed by atoms with Crippen molar-refractivity contribution >= 4 is 29.3 Å². The predicted molar refractivity (Wildman–Crippen MR) is 125 cm³/mol. The van der Waals surface area contributed by atoms with Crippen LogP contribution in [0.5, 0.6) is 0 Å². The van der Waals surface area contributed by atoms with E-state index in [1.807, 2.05) is 6.92 Å². The SMILES string of the molecule is CCC(=O)O.CCC(=O)O.CCCCCCCCCCCCCOC(=O)CC.O=S([O-])O. The molecule has 1 atom stereocenters. The highest BCUT2D eigenvalue weighted by molar-refractivity contribution is 7.73. The first kappa shape index (κ1) is 37.8. The molecule has 0 saturated carbocycles. The summed E-state index contributed by atoms with van der Waals surface area (Å²) in [6, 6.07) is 0. The van der Waals surface area contributed by atoms with E-state index < -0.39 is 23.3 Å². The first-order chi connectivity index (χ1) is 15.1. The highest BCUT2D eigenvalue weighted by Crippen LogP contribution is 2.11. The third kappa shape index (κ3) is 63.0. The van der Waals surface area contributed by atoms with E-state index >= 15 is 0 Å². The van der Waals surface area contributed by atoms with E-state index in [0.717, 1.165) is 6.42 Å². The number of ether oxygens (including phenoxy) is 1. The molecule has 0 aromatic rings. The third-order valence-corrected chi connectivity index (χ3v) is 3.90. The quantitative estimate of drug-likeness (QED) is 0.153. The van der Waals surface area contributed by atoms with Crippen molar-refractivity contribution in [1.82, 2.24) is 0 Å². The van der Waals surface area contributed by atoms with Gasteiger partial charge in [-0.1, -0.05) is 91.9 Å². The lowest BCUT2D eigenvalue weighted by Crippen LogP contribution is -2.03. The second-order valence-corrected chi connectivity index (χ2v) is 7.26. The smallest absolute Gasteiger partial charge is 0.305 e. The molecule has 0 fully saturated rings. The highest BCUT2D eigenvalue weighted by atomic mass is 32.2. The lowest BCUT2D eigenvalue weighted by atomic mass is 10.1. The molecule has 0 spiro atoms. The molecule has 0 heterocycles. The Morgan fingerprint density at radius 1 is 0.688 bits per heavy atom. The van der Waals surface area contributed by atoms with Crippen molar-refractivity contribution in [2.75, 3.05) is 6.61 Å². The van der Waals surface area contributed by atoms with Gasteiger partial charge in [0.1, 0.15) is 0 Å². The lowest BCUT2D eigenvalue weighted by Gasteiger charge is -2.03. The predicted octanol–water partition coefficient (Wildman–Crippen LogP) is 5.55. The summed E-state index contributed by atoms with van der Waals surface area (Å²) >= 11 is -2.86. The summed E-state index contributed by atoms with van der Waals surface area (Å²) in [6.45, 7) is 7.91. The number of rotatable bonds is 15. The third-order valence-electron chi connectivity index (χ3n) is 3.90. The molecule has 0 radical (unpaired) electrons. The second kappa shape index (κ2) is 34.1. The van der Waals surface area contributed by atoms with Gasteiger partial charge >= 0.3 is 17.9 Å². The van der Waals surface area contributed by atoms with Gasteiger partial charge in [0.2, 0.25) is 0 Å². The summed E-state index contributed by atoms with van der Waals surface area (Å²) in [5.74, 6) is -1.56. The molecule has 9 nitrogen and oxygen atoms in total. The molecule has 32 heavy (non-hydrogen) atoms. The van der Waals surface area contributed by atoms with Gasteiger partial charge in [-0.2, -0.15) is 0 Å². The number of esters is 1. The molecule has 10 heteroatoms. The van der Waals surface area contributed by atoms with E-state index in [1.165, 1.54) is 64.2 Å². The molecular formula is C22H45O9S-. The van der Waals surface area contributed by atoms with Gasteiger partial charge in [-0.05, 0) is 6.42 Å². The maximum absolute atomic E-state index is 10.9. The van der Waals surface area contributed by atoms with Crippen LogP contribution in [-0.4, -0.2) is 48.0 Å². The van der Waals surface area contributed by atoms with Crippen LogP contribution in [0.3, 0.4) is 0 Å². The summed E-state index contributed by atoms with van der Waals surface area (Å²) in [4.78, 5) is 29.6. The van der Waals surface area contributed by atoms with Crippen molar-refractivity contribution in [3.05, 3.63) is 0 Å². The minimum absolute atomic E-state index is 0.0675. The van der Waals surface area contributed by atoms with Crippen LogP contribution in [0.15, 0.2) is 0 Å². The molecule has 0 aliphatic rings. The lowest BCUT2D eigenvalue weighted by molar-refractivity contribution is -0.143. The molecule has 0 aliphatic heterocycles. The summed E-state index contributed by atoms with van der Waals surface area (Å²) in [6.07, 6.45) is 15.6. The largest absolute Gasteiger partial charge is 0.750 e. The summed E-state index contributed by atoms with van der Waals surface area (Å²) in [7, 11) is 0. The first-order valence-electron chi connectivity index (χ1n) is 11.5. The average Bonchev–Trinajstić information content (AvgIpc) is 2.74. The zero-order chi connectivity index (χ0) is 25.6. The van der Waals surface area contributed by atoms with Gasteiger partial charge in [-0.3, -0.25) is 14.4 Å². The highest BCUT2D eigenvalue weighted by Gasteiger charge is 1.97. The Balaban J connectivity index is -0.000000226. The van der Waals surface area contributed by atoms with E-state index in [9.17, 15) is 14.4 Å². The fourth-order valence-corrected chi connectivity index (χ4v) is 2.05. The molecule has 3 N–H and O–H groups in total. The van der Waals surface area contributed by atoms with Crippen molar-refractivity contribution in [2.24, 2.45) is 0 Å². The van der Waals surface area contributed by atoms with Crippen LogP contribution in [0.2, 0.25) is 0 Å². The molecule has 1 unspecified atom stereocenters. The molecule has 0 aromatic carbocycles. The van der Waals surface area contributed by atoms with Crippen LogP contribution in [0.4, 0.5) is 0 Å². The van der Waals surface area contributed by atoms with Crippen molar-refractivity contribution in [3.63, 3.8) is 0 Å². The first-order valence-corrected chi connectivity index (χ1v) is 12.5. The topological polar surface area (TPSA) is 161 Å². The summed E-state index contributed by atoms with van der Waals surface area (Å²) in [5.41, 5.74) is 0. The Labute approximate surface area is 196 Å². The fourth-order valence-electron chi connectivity index (χ4n) is 2.05. The van der Waals surface area contributed by atoms with E-state index in [4.69, 9.17) is 28.3 Å². The molecule has 0 saturated heterocycles. The van der Waals surface area contributed by atoms with E-state index in [-0.39, 0.29) is 18.8 Å². The van der Waals surface area contributed by atoms with Gasteiger partial charge in [0.05, 0.1) is 18.0 Å². The summed E-state index contributed by atoms with van der Waals surface area (Å²) < 4.78 is 29.1. The number of unbranched alkanes of at least 4 members (excludes halogenated alkanes) is 10.